The first-order valence-electron chi connectivity index (χ1n) is 13.1. The molecule has 0 amide bonds. The lowest BCUT2D eigenvalue weighted by molar-refractivity contribution is -0.384. The summed E-state index contributed by atoms with van der Waals surface area (Å²) in [4.78, 5) is 56.8. The van der Waals surface area contributed by atoms with Crippen molar-refractivity contribution in [3.05, 3.63) is 146 Å². The SMILES string of the molecule is O=C(c1cccc([N+](=O)[O-])c1)[C@H]1[C@H](c2ccc(Br)cc2)C2(C(=O)c3ccccc3C2=O)[C@H]2C=Cc3ccccc3N12. The van der Waals surface area contributed by atoms with Gasteiger partial charge in [0.1, 0.15) is 11.5 Å². The Morgan fingerprint density at radius 3 is 2.20 bits per heavy atom. The van der Waals surface area contributed by atoms with Crippen molar-refractivity contribution < 1.29 is 19.3 Å². The number of nitro benzene ring substituents is 1. The molecule has 2 heterocycles. The van der Waals surface area contributed by atoms with E-state index in [1.807, 2.05) is 65.6 Å². The molecule has 200 valence electrons. The van der Waals surface area contributed by atoms with Gasteiger partial charge >= 0.3 is 0 Å². The molecule has 0 bridgehead atoms. The molecule has 0 N–H and O–H groups in total. The molecule has 4 aromatic rings. The van der Waals surface area contributed by atoms with Crippen LogP contribution in [-0.4, -0.2) is 34.4 Å². The van der Waals surface area contributed by atoms with Crippen LogP contribution in [0, 0.1) is 15.5 Å². The molecule has 7 rings (SSSR count). The summed E-state index contributed by atoms with van der Waals surface area (Å²) in [6.07, 6.45) is 3.76. The predicted octanol–water partition coefficient (Wildman–Crippen LogP) is 6.67. The van der Waals surface area contributed by atoms with Gasteiger partial charge in [-0.3, -0.25) is 24.5 Å². The molecule has 8 heteroatoms. The van der Waals surface area contributed by atoms with Crippen LogP contribution in [0.4, 0.5) is 11.4 Å². The third-order valence-corrected chi connectivity index (χ3v) is 9.08. The third-order valence-electron chi connectivity index (χ3n) is 8.55. The topological polar surface area (TPSA) is 97.6 Å². The first-order chi connectivity index (χ1) is 19.8. The number of fused-ring (bicyclic) bond motifs is 5. The van der Waals surface area contributed by atoms with E-state index in [4.69, 9.17) is 0 Å². The zero-order chi connectivity index (χ0) is 28.5. The molecule has 1 spiro atoms. The van der Waals surface area contributed by atoms with Crippen molar-refractivity contribution >= 4 is 50.7 Å². The number of hydrogen-bond donors (Lipinski definition) is 0. The number of benzene rings is 4. The number of rotatable bonds is 4. The molecule has 4 aromatic carbocycles. The standard InChI is InChI=1S/C33H21BrN2O5/c34-22-15-12-20(13-16-22)28-29(30(37)21-7-5-8-23(18-21)36(40)41)35-26-11-4-1-6-19(26)14-17-27(35)33(28)31(38)24-9-2-3-10-25(24)32(33)39/h1-18,27-29H/t27-,28+,29-/m1/s1. The van der Waals surface area contributed by atoms with E-state index in [0.717, 1.165) is 15.7 Å². The van der Waals surface area contributed by atoms with Crippen molar-refractivity contribution in [2.24, 2.45) is 5.41 Å². The first-order valence-corrected chi connectivity index (χ1v) is 13.9. The van der Waals surface area contributed by atoms with Crippen LogP contribution < -0.4 is 4.90 Å². The summed E-state index contributed by atoms with van der Waals surface area (Å²) in [6.45, 7) is 0. The van der Waals surface area contributed by atoms with Crippen molar-refractivity contribution in [1.82, 2.24) is 0 Å². The van der Waals surface area contributed by atoms with Gasteiger partial charge in [-0.05, 0) is 29.3 Å². The Balaban J connectivity index is 1.54. The van der Waals surface area contributed by atoms with Gasteiger partial charge < -0.3 is 4.90 Å². The number of ketones is 3. The molecule has 3 aliphatic rings. The fourth-order valence-corrected chi connectivity index (χ4v) is 7.17. The highest BCUT2D eigenvalue weighted by atomic mass is 79.9. The number of non-ortho nitro benzene ring substituents is 1. The normalized spacial score (nSPS) is 21.5. The molecular formula is C33H21BrN2O5. The van der Waals surface area contributed by atoms with Crippen LogP contribution in [0.25, 0.3) is 6.08 Å². The van der Waals surface area contributed by atoms with Crippen LogP contribution in [0.2, 0.25) is 0 Å². The molecule has 41 heavy (non-hydrogen) atoms. The smallest absolute Gasteiger partial charge is 0.270 e. The summed E-state index contributed by atoms with van der Waals surface area (Å²) in [7, 11) is 0. The number of carbonyl (C=O) groups is 3. The van der Waals surface area contributed by atoms with Crippen molar-refractivity contribution in [3.8, 4) is 0 Å². The zero-order valence-electron chi connectivity index (χ0n) is 21.4. The number of para-hydroxylation sites is 1. The maximum atomic E-state index is 14.6. The quantitative estimate of drug-likeness (QED) is 0.112. The molecule has 1 fully saturated rings. The highest BCUT2D eigenvalue weighted by molar-refractivity contribution is 9.10. The van der Waals surface area contributed by atoms with Gasteiger partial charge in [0.05, 0.1) is 11.0 Å². The maximum Gasteiger partial charge on any atom is 0.270 e. The maximum absolute atomic E-state index is 14.6. The molecule has 0 radical (unpaired) electrons. The van der Waals surface area contributed by atoms with E-state index in [1.54, 1.807) is 30.3 Å². The Bertz CT molecular complexity index is 1790. The van der Waals surface area contributed by atoms with E-state index >= 15 is 0 Å². The van der Waals surface area contributed by atoms with Gasteiger partial charge in [-0.1, -0.05) is 94.8 Å². The van der Waals surface area contributed by atoms with Crippen molar-refractivity contribution in [3.63, 3.8) is 0 Å². The number of Topliss-reactive ketones (excluding diaryl/α,β-unsaturated/α-hetero) is 3. The summed E-state index contributed by atoms with van der Waals surface area (Å²) in [6, 6.07) is 25.6. The summed E-state index contributed by atoms with van der Waals surface area (Å²) in [5.41, 5.74) is 1.23. The number of halogens is 1. The zero-order valence-corrected chi connectivity index (χ0v) is 23.0. The second-order valence-corrected chi connectivity index (χ2v) is 11.4. The minimum absolute atomic E-state index is 0.143. The van der Waals surface area contributed by atoms with Gasteiger partial charge in [0, 0.05) is 44.9 Å². The molecule has 0 unspecified atom stereocenters. The molecule has 0 aromatic heterocycles. The molecule has 1 aliphatic carbocycles. The lowest BCUT2D eigenvalue weighted by atomic mass is 9.64. The number of hydrogen-bond acceptors (Lipinski definition) is 6. The van der Waals surface area contributed by atoms with Gasteiger partial charge in [-0.25, -0.2) is 0 Å². The monoisotopic (exact) mass is 604 g/mol. The highest BCUT2D eigenvalue weighted by Gasteiger charge is 2.71. The Morgan fingerprint density at radius 2 is 1.51 bits per heavy atom. The average Bonchev–Trinajstić information content (AvgIpc) is 3.43. The van der Waals surface area contributed by atoms with Gasteiger partial charge in [-0.2, -0.15) is 0 Å². The predicted molar refractivity (Wildman–Crippen MR) is 157 cm³/mol. The van der Waals surface area contributed by atoms with Crippen LogP contribution in [0.1, 0.15) is 48.1 Å². The van der Waals surface area contributed by atoms with E-state index in [9.17, 15) is 24.5 Å². The summed E-state index contributed by atoms with van der Waals surface area (Å²) in [5.74, 6) is -1.92. The number of anilines is 1. The minimum Gasteiger partial charge on any atom is -0.352 e. The van der Waals surface area contributed by atoms with Crippen LogP contribution >= 0.6 is 15.9 Å². The second-order valence-electron chi connectivity index (χ2n) is 10.5. The molecular weight excluding hydrogens is 584 g/mol. The van der Waals surface area contributed by atoms with E-state index in [2.05, 4.69) is 15.9 Å². The molecule has 1 saturated heterocycles. The van der Waals surface area contributed by atoms with E-state index in [1.165, 1.54) is 18.2 Å². The molecule has 2 aliphatic heterocycles. The van der Waals surface area contributed by atoms with Gasteiger partial charge in [0.25, 0.3) is 5.69 Å². The van der Waals surface area contributed by atoms with Crippen LogP contribution in [0.15, 0.2) is 108 Å². The van der Waals surface area contributed by atoms with Crippen molar-refractivity contribution in [2.75, 3.05) is 4.90 Å². The van der Waals surface area contributed by atoms with Gasteiger partial charge in [0.15, 0.2) is 17.3 Å². The average molecular weight is 605 g/mol. The second kappa shape index (κ2) is 9.17. The largest absolute Gasteiger partial charge is 0.352 e. The Morgan fingerprint density at radius 1 is 0.854 bits per heavy atom. The van der Waals surface area contributed by atoms with Gasteiger partial charge in [-0.15, -0.1) is 0 Å². The third kappa shape index (κ3) is 3.47. The van der Waals surface area contributed by atoms with Crippen molar-refractivity contribution in [1.29, 1.82) is 0 Å². The Labute approximate surface area is 243 Å². The Kier molecular flexibility index (Phi) is 5.66. The van der Waals surface area contributed by atoms with Crippen LogP contribution in [0.5, 0.6) is 0 Å². The van der Waals surface area contributed by atoms with E-state index in [-0.39, 0.29) is 22.8 Å². The number of nitrogens with zero attached hydrogens (tertiary/aromatic N) is 2. The molecule has 3 atom stereocenters. The summed E-state index contributed by atoms with van der Waals surface area (Å²) in [5, 5.41) is 11.6. The molecule has 0 saturated carbocycles. The number of carbonyl (C=O) groups excluding carboxylic acids is 3. The van der Waals surface area contributed by atoms with E-state index in [0.29, 0.717) is 16.7 Å². The molecule has 7 nitrogen and oxygen atoms in total. The fraction of sp³-hybridized carbons (Fsp3) is 0.121. The van der Waals surface area contributed by atoms with Crippen LogP contribution in [0.3, 0.4) is 0 Å². The number of nitro groups is 1. The van der Waals surface area contributed by atoms with E-state index < -0.39 is 34.1 Å². The minimum atomic E-state index is -1.62. The van der Waals surface area contributed by atoms with Crippen LogP contribution in [-0.2, 0) is 0 Å². The highest BCUT2D eigenvalue weighted by Crippen LogP contribution is 2.61. The van der Waals surface area contributed by atoms with Crippen molar-refractivity contribution in [2.45, 2.75) is 18.0 Å². The summed E-state index contributed by atoms with van der Waals surface area (Å²) < 4.78 is 0.810. The lowest BCUT2D eigenvalue weighted by Crippen LogP contribution is -2.48. The fourth-order valence-electron chi connectivity index (χ4n) is 6.90. The lowest BCUT2D eigenvalue weighted by Gasteiger charge is -2.37. The Hall–Kier alpha value is -4.69. The van der Waals surface area contributed by atoms with Gasteiger partial charge in [0.2, 0.25) is 0 Å². The first kappa shape index (κ1) is 25.3. The summed E-state index contributed by atoms with van der Waals surface area (Å²) >= 11 is 3.47.